The van der Waals surface area contributed by atoms with Crippen molar-refractivity contribution in [3.05, 3.63) is 104 Å². The molecule has 3 amide bonds. The van der Waals surface area contributed by atoms with Crippen LogP contribution >= 0.6 is 0 Å². The van der Waals surface area contributed by atoms with E-state index in [2.05, 4.69) is 18.5 Å². The zero-order valence-electron chi connectivity index (χ0n) is 28.8. The fraction of sp³-hybridized carbons (Fsp3) is 0.400. The first-order valence-electron chi connectivity index (χ1n) is 17.4. The number of hydrogen-bond acceptors (Lipinski definition) is 8. The van der Waals surface area contributed by atoms with Gasteiger partial charge in [-0.1, -0.05) is 72.8 Å². The molecule has 1 spiro atoms. The predicted octanol–water partition coefficient (Wildman–Crippen LogP) is 4.11. The summed E-state index contributed by atoms with van der Waals surface area (Å²) in [6.07, 6.45) is 3.17. The smallest absolute Gasteiger partial charge is 0.313 e. The minimum absolute atomic E-state index is 0.0539. The van der Waals surface area contributed by atoms with E-state index in [9.17, 15) is 24.3 Å². The third-order valence-corrected chi connectivity index (χ3v) is 10.3. The van der Waals surface area contributed by atoms with Gasteiger partial charge in [0.25, 0.3) is 5.91 Å². The van der Waals surface area contributed by atoms with Gasteiger partial charge in [-0.2, -0.15) is 0 Å². The van der Waals surface area contributed by atoms with Gasteiger partial charge in [-0.15, -0.1) is 13.2 Å². The summed E-state index contributed by atoms with van der Waals surface area (Å²) in [4.78, 5) is 59.3. The number of aliphatic hydroxyl groups excluding tert-OH is 1. The highest BCUT2D eigenvalue weighted by atomic mass is 16.6. The third-order valence-electron chi connectivity index (χ3n) is 10.3. The van der Waals surface area contributed by atoms with Crippen LogP contribution in [0.1, 0.15) is 37.4 Å². The van der Waals surface area contributed by atoms with Gasteiger partial charge in [-0.05, 0) is 47.7 Å². The topological polar surface area (TPSA) is 135 Å². The largest absolute Gasteiger partial charge is 0.455 e. The number of rotatable bonds is 16. The minimum atomic E-state index is -1.30. The summed E-state index contributed by atoms with van der Waals surface area (Å²) in [5.41, 5.74) is -0.0386. The second-order valence-corrected chi connectivity index (χ2v) is 13.3. The molecule has 2 bridgehead atoms. The SMILES string of the molecule is C=CCCC(=O)N[C@@H](COC)[C@@H](OC(=O)[C@@H]1[C@H]2C(=O)N(CCO)[C@H](C(=O)N(CC=C)c3ccc4ccccc4c3)[C@]23CC[C@H]1O3)c1ccccc1. The molecule has 268 valence electrons. The Morgan fingerprint density at radius 2 is 1.82 bits per heavy atom. The lowest BCUT2D eigenvalue weighted by Gasteiger charge is -2.36. The van der Waals surface area contributed by atoms with Gasteiger partial charge in [0.1, 0.15) is 17.7 Å². The first-order chi connectivity index (χ1) is 24.8. The summed E-state index contributed by atoms with van der Waals surface area (Å²) in [7, 11) is 1.50. The van der Waals surface area contributed by atoms with Crippen LogP contribution in [-0.2, 0) is 33.4 Å². The molecule has 6 rings (SSSR count). The van der Waals surface area contributed by atoms with Gasteiger partial charge in [0.2, 0.25) is 11.8 Å². The summed E-state index contributed by atoms with van der Waals surface area (Å²) in [6, 6.07) is 20.8. The molecule has 7 atom stereocenters. The quantitative estimate of drug-likeness (QED) is 0.169. The van der Waals surface area contributed by atoms with Gasteiger partial charge < -0.3 is 34.4 Å². The number of benzene rings is 3. The van der Waals surface area contributed by atoms with Crippen LogP contribution in [0.3, 0.4) is 0 Å². The average molecular weight is 696 g/mol. The molecule has 11 heteroatoms. The highest BCUT2D eigenvalue weighted by Crippen LogP contribution is 2.59. The number of carbonyl (C=O) groups is 4. The summed E-state index contributed by atoms with van der Waals surface area (Å²) in [6.45, 7) is 7.30. The van der Waals surface area contributed by atoms with Crippen molar-refractivity contribution >= 4 is 40.2 Å². The Balaban J connectivity index is 1.32. The summed E-state index contributed by atoms with van der Waals surface area (Å²) in [5, 5.41) is 15.0. The number of β-amino-alcohol motifs (C(OH)–C–C–N with tert-alkyl or cyclic N) is 1. The van der Waals surface area contributed by atoms with Gasteiger partial charge >= 0.3 is 5.97 Å². The number of ether oxygens (including phenoxy) is 3. The number of esters is 1. The number of hydrogen-bond donors (Lipinski definition) is 2. The molecular weight excluding hydrogens is 650 g/mol. The number of likely N-dealkylation sites (tertiary alicyclic amines) is 1. The predicted molar refractivity (Wildman–Crippen MR) is 191 cm³/mol. The second-order valence-electron chi connectivity index (χ2n) is 13.3. The molecule has 0 radical (unpaired) electrons. The highest BCUT2D eigenvalue weighted by Gasteiger charge is 2.75. The lowest BCUT2D eigenvalue weighted by Crippen LogP contribution is -2.56. The maximum absolute atomic E-state index is 14.8. The first kappa shape index (κ1) is 36.0. The molecule has 11 nitrogen and oxygen atoms in total. The van der Waals surface area contributed by atoms with Gasteiger partial charge in [0.15, 0.2) is 0 Å². The van der Waals surface area contributed by atoms with Crippen molar-refractivity contribution < 1.29 is 38.5 Å². The first-order valence-corrected chi connectivity index (χ1v) is 17.4. The van der Waals surface area contributed by atoms with Gasteiger partial charge in [0.05, 0.1) is 37.2 Å². The molecule has 0 saturated carbocycles. The second kappa shape index (κ2) is 15.6. The number of carbonyl (C=O) groups excluding carboxylic acids is 4. The third kappa shape index (κ3) is 6.81. The van der Waals surface area contributed by atoms with E-state index in [1.54, 1.807) is 29.2 Å². The van der Waals surface area contributed by atoms with Crippen LogP contribution in [0, 0.1) is 11.8 Å². The van der Waals surface area contributed by atoms with E-state index in [-0.39, 0.29) is 44.5 Å². The van der Waals surface area contributed by atoms with Crippen LogP contribution in [0.25, 0.3) is 10.8 Å². The van der Waals surface area contributed by atoms with Crippen molar-refractivity contribution in [1.29, 1.82) is 0 Å². The Labute approximate surface area is 297 Å². The molecule has 3 fully saturated rings. The fourth-order valence-corrected chi connectivity index (χ4v) is 8.12. The lowest BCUT2D eigenvalue weighted by molar-refractivity contribution is -0.163. The molecule has 3 aromatic rings. The standard InChI is InChI=1S/C40H45N3O8/c1-4-6-16-32(45)41-30(25-49-3)35(27-13-8-7-9-14-27)50-39(48)33-31-19-20-40(51-31)34(33)37(46)43(22-23-44)36(40)38(47)42(21-5-2)29-18-17-26-12-10-11-15-28(26)24-29/h4-5,7-15,17-18,24,30-31,33-36,44H,1-2,6,16,19-23,25H2,3H3,(H,41,45)/t30-,31+,33-,34-,35-,36+,40-/m0/s1. The molecule has 3 heterocycles. The monoisotopic (exact) mass is 695 g/mol. The van der Waals surface area contributed by atoms with Crippen LogP contribution < -0.4 is 10.2 Å². The fourth-order valence-electron chi connectivity index (χ4n) is 8.12. The van der Waals surface area contributed by atoms with Crippen molar-refractivity contribution in [3.63, 3.8) is 0 Å². The van der Waals surface area contributed by atoms with Crippen molar-refractivity contribution in [2.75, 3.05) is 38.3 Å². The normalized spacial score (nSPS) is 24.5. The number of fused-ring (bicyclic) bond motifs is 2. The van der Waals surface area contributed by atoms with E-state index in [4.69, 9.17) is 14.2 Å². The molecule has 3 aliphatic rings. The Hall–Kier alpha value is -4.84. The number of aliphatic hydroxyl groups is 1. The molecule has 0 aliphatic carbocycles. The Morgan fingerprint density at radius 1 is 1.08 bits per heavy atom. The highest BCUT2D eigenvalue weighted by molar-refractivity contribution is 6.05. The van der Waals surface area contributed by atoms with Crippen molar-refractivity contribution in [2.24, 2.45) is 11.8 Å². The maximum atomic E-state index is 14.8. The van der Waals surface area contributed by atoms with Gasteiger partial charge in [-0.25, -0.2) is 0 Å². The molecule has 0 unspecified atom stereocenters. The summed E-state index contributed by atoms with van der Waals surface area (Å²) < 4.78 is 18.3. The van der Waals surface area contributed by atoms with E-state index in [0.29, 0.717) is 30.5 Å². The summed E-state index contributed by atoms with van der Waals surface area (Å²) in [5.74, 6) is -3.75. The molecule has 51 heavy (non-hydrogen) atoms. The molecular formula is C40H45N3O8. The number of amides is 3. The Kier molecular flexibility index (Phi) is 11.0. The van der Waals surface area contributed by atoms with E-state index < -0.39 is 53.6 Å². The number of anilines is 1. The molecule has 0 aromatic heterocycles. The number of methoxy groups -OCH3 is 1. The number of nitrogens with one attached hydrogen (secondary N) is 1. The molecule has 3 aliphatic heterocycles. The van der Waals surface area contributed by atoms with Gasteiger partial charge in [-0.3, -0.25) is 19.2 Å². The average Bonchev–Trinajstić information content (AvgIpc) is 3.79. The van der Waals surface area contributed by atoms with Crippen molar-refractivity contribution in [1.82, 2.24) is 10.2 Å². The van der Waals surface area contributed by atoms with Crippen molar-refractivity contribution in [2.45, 2.75) is 55.6 Å². The van der Waals surface area contributed by atoms with E-state index in [1.807, 2.05) is 60.7 Å². The van der Waals surface area contributed by atoms with Crippen LogP contribution in [0.5, 0.6) is 0 Å². The van der Waals surface area contributed by atoms with Crippen molar-refractivity contribution in [3.8, 4) is 0 Å². The number of allylic oxidation sites excluding steroid dienone is 1. The van der Waals surface area contributed by atoms with Crippen LogP contribution in [0.15, 0.2) is 98.1 Å². The Morgan fingerprint density at radius 3 is 2.53 bits per heavy atom. The number of nitrogens with zero attached hydrogens (tertiary/aromatic N) is 2. The van der Waals surface area contributed by atoms with Crippen LogP contribution in [-0.4, -0.2) is 90.9 Å². The van der Waals surface area contributed by atoms with Gasteiger partial charge in [0, 0.05) is 32.3 Å². The Bertz CT molecular complexity index is 1780. The zero-order chi connectivity index (χ0) is 36.1. The maximum Gasteiger partial charge on any atom is 0.313 e. The molecule has 2 N–H and O–H groups in total. The van der Waals surface area contributed by atoms with E-state index in [0.717, 1.165) is 10.8 Å². The summed E-state index contributed by atoms with van der Waals surface area (Å²) >= 11 is 0. The van der Waals surface area contributed by atoms with Crippen LogP contribution in [0.2, 0.25) is 0 Å². The van der Waals surface area contributed by atoms with E-state index in [1.165, 1.54) is 12.0 Å². The van der Waals surface area contributed by atoms with E-state index >= 15 is 0 Å². The lowest BCUT2D eigenvalue weighted by atomic mass is 9.70. The molecule has 3 aromatic carbocycles. The molecule has 3 saturated heterocycles. The van der Waals surface area contributed by atoms with Crippen LogP contribution in [0.4, 0.5) is 5.69 Å². The minimum Gasteiger partial charge on any atom is -0.455 e. The zero-order valence-corrected chi connectivity index (χ0v) is 28.8.